The van der Waals surface area contributed by atoms with Crippen molar-refractivity contribution in [3.05, 3.63) is 73.2 Å². The van der Waals surface area contributed by atoms with Crippen molar-refractivity contribution in [3.63, 3.8) is 0 Å². The number of carbonyl (C=O) groups is 1. The van der Waals surface area contributed by atoms with E-state index in [1.54, 1.807) is 24.7 Å². The molecule has 2 saturated heterocycles. The molecule has 0 saturated carbocycles. The Morgan fingerprint density at radius 3 is 2.74 bits per heavy atom. The third-order valence-corrected chi connectivity index (χ3v) is 8.64. The highest BCUT2D eigenvalue weighted by Gasteiger charge is 2.24. The van der Waals surface area contributed by atoms with E-state index in [0.29, 0.717) is 25.3 Å². The number of nitrogens with zero attached hydrogens (tertiary/aromatic N) is 5. The minimum absolute atomic E-state index is 0.0303. The molecule has 0 radical (unpaired) electrons. The average Bonchev–Trinajstić information content (AvgIpc) is 3.65. The molecule has 12 nitrogen and oxygen atoms in total. The molecule has 0 spiro atoms. The van der Waals surface area contributed by atoms with Crippen molar-refractivity contribution in [2.75, 3.05) is 53.9 Å². The normalized spacial score (nSPS) is 17.4. The Morgan fingerprint density at radius 2 is 1.95 bits per heavy atom. The number of pyridine rings is 1. The molecule has 1 aromatic carbocycles. The number of benzene rings is 1. The second-order valence-corrected chi connectivity index (χ2v) is 12.1. The average molecular weight is 589 g/mol. The van der Waals surface area contributed by atoms with Gasteiger partial charge in [-0.25, -0.2) is 23.4 Å². The van der Waals surface area contributed by atoms with E-state index in [-0.39, 0.29) is 23.5 Å². The molecule has 1 amide bonds. The monoisotopic (exact) mass is 588 g/mol. The molecular weight excluding hydrogens is 556 g/mol. The number of H-pyrrole nitrogens is 1. The van der Waals surface area contributed by atoms with E-state index in [1.165, 1.54) is 6.08 Å². The minimum atomic E-state index is -3.71. The number of sulfonamides is 1. The van der Waals surface area contributed by atoms with Gasteiger partial charge in [0.1, 0.15) is 23.6 Å². The van der Waals surface area contributed by atoms with Gasteiger partial charge in [-0.15, -0.1) is 0 Å². The van der Waals surface area contributed by atoms with Gasteiger partial charge in [-0.2, -0.15) is 0 Å². The van der Waals surface area contributed by atoms with Gasteiger partial charge in [0.15, 0.2) is 0 Å². The molecule has 2 fully saturated rings. The molecule has 4 aromatic rings. The van der Waals surface area contributed by atoms with E-state index in [2.05, 4.69) is 46.4 Å². The van der Waals surface area contributed by atoms with Gasteiger partial charge < -0.3 is 24.8 Å². The Bertz CT molecular complexity index is 1700. The van der Waals surface area contributed by atoms with Crippen LogP contribution in [0.4, 0.5) is 17.3 Å². The van der Waals surface area contributed by atoms with Crippen molar-refractivity contribution in [1.29, 1.82) is 0 Å². The maximum absolute atomic E-state index is 13.0. The van der Waals surface area contributed by atoms with Gasteiger partial charge >= 0.3 is 0 Å². The molecule has 0 bridgehead atoms. The number of aromatic nitrogens is 4. The number of anilines is 3. The van der Waals surface area contributed by atoms with Gasteiger partial charge in [0, 0.05) is 55.4 Å². The second kappa shape index (κ2) is 11.8. The first-order valence-electron chi connectivity index (χ1n) is 13.8. The topological polar surface area (TPSA) is 145 Å². The predicted octanol–water partition coefficient (Wildman–Crippen LogP) is 2.68. The summed E-state index contributed by atoms with van der Waals surface area (Å²) in [7, 11) is -3.71. The molecule has 3 aromatic heterocycles. The lowest BCUT2D eigenvalue weighted by Crippen LogP contribution is -2.36. The number of ether oxygens (including phenoxy) is 1. The van der Waals surface area contributed by atoms with E-state index in [1.807, 2.05) is 30.3 Å². The van der Waals surface area contributed by atoms with Crippen LogP contribution in [0.25, 0.3) is 22.3 Å². The SMILES string of the molecule is C=CC(=O)N[C@H]1CCN(c2cccc(CS(=O)(=O)Nc3ccc(-c4cc5c(N6CCOCC6)ncnc5[nH]4)cn3)c2)C1. The van der Waals surface area contributed by atoms with E-state index in [4.69, 9.17) is 4.74 Å². The van der Waals surface area contributed by atoms with Crippen molar-refractivity contribution in [3.8, 4) is 11.3 Å². The van der Waals surface area contributed by atoms with Gasteiger partial charge in [0.05, 0.1) is 24.4 Å². The summed E-state index contributed by atoms with van der Waals surface area (Å²) in [6, 6.07) is 12.9. The Kier molecular flexibility index (Phi) is 7.76. The number of aromatic amines is 1. The number of nitrogens with one attached hydrogen (secondary N) is 3. The zero-order valence-corrected chi connectivity index (χ0v) is 23.8. The Morgan fingerprint density at radius 1 is 1.10 bits per heavy atom. The summed E-state index contributed by atoms with van der Waals surface area (Å²) < 4.78 is 34.1. The second-order valence-electron chi connectivity index (χ2n) is 10.3. The summed E-state index contributed by atoms with van der Waals surface area (Å²) >= 11 is 0. The number of carbonyl (C=O) groups excluding carboxylic acids is 1. The van der Waals surface area contributed by atoms with Crippen LogP contribution in [0.1, 0.15) is 12.0 Å². The predicted molar refractivity (Wildman–Crippen MR) is 162 cm³/mol. The minimum Gasteiger partial charge on any atom is -0.378 e. The zero-order chi connectivity index (χ0) is 29.1. The molecule has 3 N–H and O–H groups in total. The van der Waals surface area contributed by atoms with Crippen LogP contribution in [-0.2, 0) is 25.3 Å². The fourth-order valence-electron chi connectivity index (χ4n) is 5.35. The number of morpholine rings is 1. The lowest BCUT2D eigenvalue weighted by Gasteiger charge is -2.27. The molecule has 218 valence electrons. The van der Waals surface area contributed by atoms with Crippen LogP contribution in [0.5, 0.6) is 0 Å². The van der Waals surface area contributed by atoms with Crippen molar-refractivity contribution < 1.29 is 17.9 Å². The van der Waals surface area contributed by atoms with Crippen LogP contribution in [0.15, 0.2) is 67.6 Å². The maximum Gasteiger partial charge on any atom is 0.243 e. The first-order valence-corrected chi connectivity index (χ1v) is 15.4. The fourth-order valence-corrected chi connectivity index (χ4v) is 6.48. The number of hydrogen-bond acceptors (Lipinski definition) is 9. The summed E-state index contributed by atoms with van der Waals surface area (Å²) in [5.74, 6) is 0.707. The molecule has 0 aliphatic carbocycles. The van der Waals surface area contributed by atoms with Crippen molar-refractivity contribution in [2.24, 2.45) is 0 Å². The van der Waals surface area contributed by atoms with E-state index >= 15 is 0 Å². The largest absolute Gasteiger partial charge is 0.378 e. The van der Waals surface area contributed by atoms with Crippen molar-refractivity contribution in [2.45, 2.75) is 18.2 Å². The number of amides is 1. The van der Waals surface area contributed by atoms with Crippen LogP contribution in [-0.4, -0.2) is 79.7 Å². The van der Waals surface area contributed by atoms with E-state index in [9.17, 15) is 13.2 Å². The van der Waals surface area contributed by atoms with Gasteiger partial charge in [-0.05, 0) is 48.4 Å². The molecule has 13 heteroatoms. The van der Waals surface area contributed by atoms with Gasteiger partial charge in [-0.3, -0.25) is 9.52 Å². The molecule has 6 rings (SSSR count). The third kappa shape index (κ3) is 6.21. The van der Waals surface area contributed by atoms with E-state index in [0.717, 1.165) is 59.9 Å². The first-order chi connectivity index (χ1) is 20.4. The Labute approximate surface area is 243 Å². The fraction of sp³-hybridized carbons (Fsp3) is 0.310. The van der Waals surface area contributed by atoms with Crippen LogP contribution in [0.2, 0.25) is 0 Å². The van der Waals surface area contributed by atoms with E-state index < -0.39 is 10.0 Å². The van der Waals surface area contributed by atoms with Gasteiger partial charge in [0.25, 0.3) is 0 Å². The van der Waals surface area contributed by atoms with Crippen LogP contribution in [0, 0.1) is 0 Å². The summed E-state index contributed by atoms with van der Waals surface area (Å²) in [5, 5.41) is 3.83. The molecular formula is C29H32N8O4S. The summed E-state index contributed by atoms with van der Waals surface area (Å²) in [6.45, 7) is 7.77. The highest BCUT2D eigenvalue weighted by atomic mass is 32.2. The van der Waals surface area contributed by atoms with Gasteiger partial charge in [0.2, 0.25) is 15.9 Å². The van der Waals surface area contributed by atoms with Crippen molar-refractivity contribution in [1.82, 2.24) is 25.3 Å². The molecule has 1 atom stereocenters. The standard InChI is InChI=1S/C29H32N8O4S/c1-2-27(38)33-22-8-9-37(17-22)23-5-3-4-20(14-23)18-42(39,40)35-26-7-6-21(16-30-26)25-15-24-28(34-25)31-19-32-29(24)36-10-12-41-13-11-36/h2-7,14-16,19,22H,1,8-13,17-18H2,(H,30,35)(H,33,38)(H,31,32,34)/t22-/m0/s1. The molecule has 0 unspecified atom stereocenters. The lowest BCUT2D eigenvalue weighted by molar-refractivity contribution is -0.117. The number of rotatable bonds is 9. The van der Waals surface area contributed by atoms with Crippen LogP contribution < -0.4 is 19.8 Å². The van der Waals surface area contributed by atoms with Gasteiger partial charge in [-0.1, -0.05) is 18.7 Å². The molecule has 2 aliphatic heterocycles. The lowest BCUT2D eigenvalue weighted by atomic mass is 10.2. The summed E-state index contributed by atoms with van der Waals surface area (Å²) in [6.07, 6.45) is 5.25. The smallest absolute Gasteiger partial charge is 0.243 e. The third-order valence-electron chi connectivity index (χ3n) is 7.40. The zero-order valence-electron chi connectivity index (χ0n) is 23.0. The number of fused-ring (bicyclic) bond motifs is 1. The quantitative estimate of drug-likeness (QED) is 0.251. The Balaban J connectivity index is 1.11. The van der Waals surface area contributed by atoms with Crippen LogP contribution in [0.3, 0.4) is 0 Å². The summed E-state index contributed by atoms with van der Waals surface area (Å²) in [5.41, 5.74) is 3.90. The molecule has 2 aliphatic rings. The van der Waals surface area contributed by atoms with Crippen molar-refractivity contribution >= 4 is 44.3 Å². The molecule has 42 heavy (non-hydrogen) atoms. The summed E-state index contributed by atoms with van der Waals surface area (Å²) in [4.78, 5) is 32.5. The maximum atomic E-state index is 13.0. The van der Waals surface area contributed by atoms with Crippen LogP contribution >= 0.6 is 0 Å². The first kappa shape index (κ1) is 27.7. The Hall–Kier alpha value is -4.49. The highest BCUT2D eigenvalue weighted by molar-refractivity contribution is 7.91. The molecule has 5 heterocycles. The number of hydrogen-bond donors (Lipinski definition) is 3. The highest BCUT2D eigenvalue weighted by Crippen LogP contribution is 2.29.